The Morgan fingerprint density at radius 1 is 1.30 bits per heavy atom. The summed E-state index contributed by atoms with van der Waals surface area (Å²) < 4.78 is 42.0. The number of esters is 1. The molecule has 1 rings (SSSR count). The van der Waals surface area contributed by atoms with Crippen molar-refractivity contribution in [2.45, 2.75) is 13.1 Å². The smallest absolute Gasteiger partial charge is 0.417 e. The summed E-state index contributed by atoms with van der Waals surface area (Å²) in [4.78, 5) is 22.6. The highest BCUT2D eigenvalue weighted by molar-refractivity contribution is 6.31. The molecule has 0 bridgehead atoms. The van der Waals surface area contributed by atoms with Crippen LogP contribution >= 0.6 is 11.6 Å². The van der Waals surface area contributed by atoms with Crippen LogP contribution in [0.1, 0.15) is 18.1 Å². The summed E-state index contributed by atoms with van der Waals surface area (Å²) >= 11 is 5.54. The van der Waals surface area contributed by atoms with Gasteiger partial charge in [0.2, 0.25) is 0 Å². The van der Waals surface area contributed by atoms with E-state index in [9.17, 15) is 22.8 Å². The summed E-state index contributed by atoms with van der Waals surface area (Å²) in [7, 11) is 1.10. The molecule has 0 amide bonds. The number of carbonyl (C=O) groups is 2. The third kappa shape index (κ3) is 3.84. The number of hydrogen-bond donors (Lipinski definition) is 0. The van der Waals surface area contributed by atoms with Gasteiger partial charge in [-0.05, 0) is 30.7 Å². The van der Waals surface area contributed by atoms with Gasteiger partial charge in [0.25, 0.3) is 0 Å². The fourth-order valence-electron chi connectivity index (χ4n) is 1.43. The molecule has 0 unspecified atom stereocenters. The Balaban J connectivity index is 3.25. The largest absolute Gasteiger partial charge is 0.465 e. The molecule has 0 aliphatic heterocycles. The van der Waals surface area contributed by atoms with Gasteiger partial charge in [-0.1, -0.05) is 17.7 Å². The number of carbonyl (C=O) groups excluding carboxylic acids is 2. The lowest BCUT2D eigenvalue weighted by Crippen LogP contribution is -2.11. The number of halogens is 4. The van der Waals surface area contributed by atoms with Gasteiger partial charge in [0.05, 0.1) is 17.7 Å². The molecule has 1 aromatic carbocycles. The third-order valence-corrected chi connectivity index (χ3v) is 2.71. The summed E-state index contributed by atoms with van der Waals surface area (Å²) in [5.41, 5.74) is -1.07. The summed E-state index contributed by atoms with van der Waals surface area (Å²) in [5, 5.41) is -0.515. The quantitative estimate of drug-likeness (QED) is 0.371. The SMILES string of the molecule is COC(=O)C(=Cc1ccc(C(F)(F)F)c(Cl)c1)C(C)=O. The van der Waals surface area contributed by atoms with Crippen LogP contribution in [0.4, 0.5) is 13.2 Å². The van der Waals surface area contributed by atoms with Gasteiger partial charge in [-0.25, -0.2) is 4.79 Å². The van der Waals surface area contributed by atoms with Gasteiger partial charge in [0.15, 0.2) is 5.78 Å². The van der Waals surface area contributed by atoms with Crippen LogP contribution in [0.25, 0.3) is 6.08 Å². The van der Waals surface area contributed by atoms with Crippen LogP contribution in [-0.2, 0) is 20.5 Å². The molecule has 1 aromatic rings. The van der Waals surface area contributed by atoms with E-state index in [1.54, 1.807) is 0 Å². The van der Waals surface area contributed by atoms with Crippen molar-refractivity contribution in [1.82, 2.24) is 0 Å². The lowest BCUT2D eigenvalue weighted by Gasteiger charge is -2.09. The van der Waals surface area contributed by atoms with Gasteiger partial charge in [0.1, 0.15) is 5.57 Å². The molecule has 0 radical (unpaired) electrons. The predicted molar refractivity (Wildman–Crippen MR) is 67.1 cm³/mol. The van der Waals surface area contributed by atoms with Crippen LogP contribution in [-0.4, -0.2) is 18.9 Å². The first kappa shape index (κ1) is 16.2. The van der Waals surface area contributed by atoms with Crippen LogP contribution < -0.4 is 0 Å². The maximum atomic E-state index is 12.5. The molecule has 0 fully saturated rings. The van der Waals surface area contributed by atoms with Crippen LogP contribution in [0, 0.1) is 0 Å². The van der Waals surface area contributed by atoms with Crippen molar-refractivity contribution in [3.05, 3.63) is 39.9 Å². The van der Waals surface area contributed by atoms with E-state index in [2.05, 4.69) is 4.74 Å². The zero-order valence-corrected chi connectivity index (χ0v) is 11.3. The van der Waals surface area contributed by atoms with Crippen molar-refractivity contribution in [1.29, 1.82) is 0 Å². The van der Waals surface area contributed by atoms with Crippen molar-refractivity contribution in [2.75, 3.05) is 7.11 Å². The van der Waals surface area contributed by atoms with Crippen molar-refractivity contribution in [3.8, 4) is 0 Å². The molecular weight excluding hydrogens is 297 g/mol. The minimum Gasteiger partial charge on any atom is -0.465 e. The van der Waals surface area contributed by atoms with Gasteiger partial charge in [-0.3, -0.25) is 4.79 Å². The summed E-state index contributed by atoms with van der Waals surface area (Å²) in [5.74, 6) is -1.43. The summed E-state index contributed by atoms with van der Waals surface area (Å²) in [6.45, 7) is 1.15. The van der Waals surface area contributed by atoms with E-state index >= 15 is 0 Å². The van der Waals surface area contributed by atoms with E-state index in [1.165, 1.54) is 0 Å². The molecule has 3 nitrogen and oxygen atoms in total. The van der Waals surface area contributed by atoms with E-state index in [1.807, 2.05) is 0 Å². The molecule has 0 atom stereocenters. The first-order valence-electron chi connectivity index (χ1n) is 5.34. The Morgan fingerprint density at radius 3 is 2.30 bits per heavy atom. The van der Waals surface area contributed by atoms with Crippen molar-refractivity contribution in [3.63, 3.8) is 0 Å². The van der Waals surface area contributed by atoms with Crippen LogP contribution in [0.5, 0.6) is 0 Å². The second-order valence-corrected chi connectivity index (χ2v) is 4.25. The Morgan fingerprint density at radius 2 is 1.90 bits per heavy atom. The molecule has 0 heterocycles. The number of methoxy groups -OCH3 is 1. The van der Waals surface area contributed by atoms with Gasteiger partial charge >= 0.3 is 12.1 Å². The Hall–Kier alpha value is -1.82. The molecule has 7 heteroatoms. The first-order valence-corrected chi connectivity index (χ1v) is 5.72. The molecule has 0 saturated heterocycles. The van der Waals surface area contributed by atoms with Crippen molar-refractivity contribution in [2.24, 2.45) is 0 Å². The third-order valence-electron chi connectivity index (χ3n) is 2.39. The van der Waals surface area contributed by atoms with Crippen molar-refractivity contribution >= 4 is 29.4 Å². The fraction of sp³-hybridized carbons (Fsp3) is 0.231. The van der Waals surface area contributed by atoms with Gasteiger partial charge < -0.3 is 4.74 Å². The summed E-state index contributed by atoms with van der Waals surface area (Å²) in [6.07, 6.45) is -3.44. The molecule has 0 N–H and O–H groups in total. The zero-order chi connectivity index (χ0) is 15.5. The highest BCUT2D eigenvalue weighted by Crippen LogP contribution is 2.35. The van der Waals surface area contributed by atoms with E-state index in [4.69, 9.17) is 11.6 Å². The number of ether oxygens (including phenoxy) is 1. The minimum absolute atomic E-state index is 0.193. The maximum absolute atomic E-state index is 12.5. The Kier molecular flexibility index (Phi) is 4.94. The molecule has 0 aliphatic carbocycles. The minimum atomic E-state index is -4.56. The second-order valence-electron chi connectivity index (χ2n) is 3.84. The maximum Gasteiger partial charge on any atom is 0.417 e. The highest BCUT2D eigenvalue weighted by Gasteiger charge is 2.33. The van der Waals surface area contributed by atoms with E-state index in [0.29, 0.717) is 0 Å². The number of alkyl halides is 3. The molecule has 0 aliphatic rings. The van der Waals surface area contributed by atoms with Crippen molar-refractivity contribution < 1.29 is 27.5 Å². The molecule has 20 heavy (non-hydrogen) atoms. The summed E-state index contributed by atoms with van der Waals surface area (Å²) in [6, 6.07) is 2.92. The molecular formula is C13H10ClF3O3. The highest BCUT2D eigenvalue weighted by atomic mass is 35.5. The zero-order valence-electron chi connectivity index (χ0n) is 10.5. The average molecular weight is 307 g/mol. The standard InChI is InChI=1S/C13H10ClF3O3/c1-7(18)9(12(19)20-2)5-8-3-4-10(11(14)6-8)13(15,16)17/h3-6H,1-2H3. The Labute approximate surface area is 118 Å². The second kappa shape index (κ2) is 6.09. The average Bonchev–Trinajstić information content (AvgIpc) is 2.33. The first-order chi connectivity index (χ1) is 9.16. The normalized spacial score (nSPS) is 12.2. The van der Waals surface area contributed by atoms with E-state index < -0.39 is 28.5 Å². The number of ketones is 1. The van der Waals surface area contributed by atoms with Gasteiger partial charge in [-0.15, -0.1) is 0 Å². The van der Waals surface area contributed by atoms with Gasteiger partial charge in [0, 0.05) is 0 Å². The number of benzene rings is 1. The number of Topliss-reactive ketones (excluding diaryl/α,β-unsaturated/α-hetero) is 1. The van der Waals surface area contributed by atoms with E-state index in [-0.39, 0.29) is 11.1 Å². The fourth-order valence-corrected chi connectivity index (χ4v) is 1.73. The monoisotopic (exact) mass is 306 g/mol. The van der Waals surface area contributed by atoms with Crippen LogP contribution in [0.15, 0.2) is 23.8 Å². The van der Waals surface area contributed by atoms with Gasteiger partial charge in [-0.2, -0.15) is 13.2 Å². The molecule has 0 saturated carbocycles. The van der Waals surface area contributed by atoms with Crippen LogP contribution in [0.3, 0.4) is 0 Å². The Bertz CT molecular complexity index is 577. The number of rotatable bonds is 3. The molecule has 0 spiro atoms. The lowest BCUT2D eigenvalue weighted by molar-refractivity contribution is -0.138. The lowest BCUT2D eigenvalue weighted by atomic mass is 10.1. The molecule has 0 aromatic heterocycles. The predicted octanol–water partition coefficient (Wildman–Crippen LogP) is 3.50. The van der Waals surface area contributed by atoms with Crippen LogP contribution in [0.2, 0.25) is 5.02 Å². The number of hydrogen-bond acceptors (Lipinski definition) is 3. The van der Waals surface area contributed by atoms with E-state index in [0.717, 1.165) is 38.3 Å². The molecule has 108 valence electrons. The topological polar surface area (TPSA) is 43.4 Å².